The highest BCUT2D eigenvalue weighted by atomic mass is 16.2. The summed E-state index contributed by atoms with van der Waals surface area (Å²) in [5.41, 5.74) is 10.9. The fourth-order valence-corrected chi connectivity index (χ4v) is 3.08. The van der Waals surface area contributed by atoms with E-state index in [0.29, 0.717) is 24.2 Å². The van der Waals surface area contributed by atoms with E-state index in [9.17, 15) is 9.59 Å². The van der Waals surface area contributed by atoms with Crippen LogP contribution in [0.1, 0.15) is 29.1 Å². The van der Waals surface area contributed by atoms with Gasteiger partial charge in [-0.3, -0.25) is 4.79 Å². The summed E-state index contributed by atoms with van der Waals surface area (Å²) in [6.07, 6.45) is 0.868. The molecular weight excluding hydrogens is 344 g/mol. The van der Waals surface area contributed by atoms with E-state index in [1.54, 1.807) is 24.3 Å². The summed E-state index contributed by atoms with van der Waals surface area (Å²) >= 11 is 0. The number of rotatable bonds is 5. The molecule has 8 heteroatoms. The standard InChI is InChI=1S/C19H22N6O2/c1-11-9-17-21-12(2)16(13(3)25(17)24-11)7-8-18(26)22-14-5-4-6-15(10-14)23-19(20)27/h4-6,9-10H,7-8H2,1-3H3,(H,22,26)(H3,20,23,27). The second-order valence-corrected chi connectivity index (χ2v) is 6.44. The van der Waals surface area contributed by atoms with Gasteiger partial charge in [0.15, 0.2) is 5.65 Å². The van der Waals surface area contributed by atoms with Crippen LogP contribution in [0.3, 0.4) is 0 Å². The van der Waals surface area contributed by atoms with Crippen molar-refractivity contribution >= 4 is 29.0 Å². The van der Waals surface area contributed by atoms with Crippen molar-refractivity contribution < 1.29 is 9.59 Å². The van der Waals surface area contributed by atoms with Crippen LogP contribution in [0.2, 0.25) is 0 Å². The Hall–Kier alpha value is -3.42. The zero-order chi connectivity index (χ0) is 19.6. The normalized spacial score (nSPS) is 10.8. The van der Waals surface area contributed by atoms with Crippen LogP contribution < -0.4 is 16.4 Å². The molecule has 8 nitrogen and oxygen atoms in total. The smallest absolute Gasteiger partial charge is 0.316 e. The molecule has 0 aliphatic carbocycles. The lowest BCUT2D eigenvalue weighted by molar-refractivity contribution is -0.116. The predicted molar refractivity (Wildman–Crippen MR) is 104 cm³/mol. The number of anilines is 2. The fraction of sp³-hybridized carbons (Fsp3) is 0.263. The topological polar surface area (TPSA) is 114 Å². The van der Waals surface area contributed by atoms with Gasteiger partial charge in [0, 0.05) is 35.2 Å². The van der Waals surface area contributed by atoms with E-state index in [4.69, 9.17) is 5.73 Å². The molecule has 0 bridgehead atoms. The quantitative estimate of drug-likeness (QED) is 0.644. The molecule has 3 aromatic rings. The number of nitrogens with zero attached hydrogens (tertiary/aromatic N) is 3. The Morgan fingerprint density at radius 2 is 1.81 bits per heavy atom. The number of primary amides is 1. The number of urea groups is 1. The largest absolute Gasteiger partial charge is 0.351 e. The molecule has 0 unspecified atom stereocenters. The van der Waals surface area contributed by atoms with Crippen molar-refractivity contribution in [2.24, 2.45) is 5.73 Å². The van der Waals surface area contributed by atoms with Crippen LogP contribution in [-0.4, -0.2) is 26.5 Å². The van der Waals surface area contributed by atoms with Gasteiger partial charge in [0.2, 0.25) is 5.91 Å². The maximum atomic E-state index is 12.3. The van der Waals surface area contributed by atoms with E-state index in [1.165, 1.54) is 0 Å². The van der Waals surface area contributed by atoms with Crippen LogP contribution in [0.4, 0.5) is 16.2 Å². The number of carbonyl (C=O) groups excluding carboxylic acids is 2. The number of amides is 3. The minimum Gasteiger partial charge on any atom is -0.351 e. The zero-order valence-corrected chi connectivity index (χ0v) is 15.5. The van der Waals surface area contributed by atoms with Crippen LogP contribution in [0.5, 0.6) is 0 Å². The van der Waals surface area contributed by atoms with Crippen molar-refractivity contribution in [3.63, 3.8) is 0 Å². The molecule has 0 atom stereocenters. The van der Waals surface area contributed by atoms with Crippen LogP contribution in [0.25, 0.3) is 5.65 Å². The Morgan fingerprint density at radius 1 is 1.11 bits per heavy atom. The average Bonchev–Trinajstić information content (AvgIpc) is 2.94. The molecule has 0 saturated heterocycles. The first-order valence-electron chi connectivity index (χ1n) is 8.62. The van der Waals surface area contributed by atoms with Crippen LogP contribution in [0.15, 0.2) is 30.3 Å². The second-order valence-electron chi connectivity index (χ2n) is 6.44. The van der Waals surface area contributed by atoms with Crippen LogP contribution in [0, 0.1) is 20.8 Å². The lowest BCUT2D eigenvalue weighted by Gasteiger charge is -2.11. The van der Waals surface area contributed by atoms with Gasteiger partial charge in [-0.15, -0.1) is 0 Å². The van der Waals surface area contributed by atoms with Gasteiger partial charge in [-0.25, -0.2) is 14.3 Å². The van der Waals surface area contributed by atoms with E-state index < -0.39 is 6.03 Å². The Labute approximate surface area is 156 Å². The van der Waals surface area contributed by atoms with Gasteiger partial charge < -0.3 is 16.4 Å². The number of carbonyl (C=O) groups is 2. The van der Waals surface area contributed by atoms with Crippen molar-refractivity contribution in [1.29, 1.82) is 0 Å². The van der Waals surface area contributed by atoms with Crippen molar-refractivity contribution in [1.82, 2.24) is 14.6 Å². The summed E-state index contributed by atoms with van der Waals surface area (Å²) < 4.78 is 1.81. The lowest BCUT2D eigenvalue weighted by atomic mass is 10.1. The molecule has 2 heterocycles. The number of hydrogen-bond donors (Lipinski definition) is 3. The van der Waals surface area contributed by atoms with Gasteiger partial charge in [0.05, 0.1) is 5.69 Å². The highest BCUT2D eigenvalue weighted by Gasteiger charge is 2.13. The van der Waals surface area contributed by atoms with Gasteiger partial charge in [0.1, 0.15) is 0 Å². The summed E-state index contributed by atoms with van der Waals surface area (Å²) in [6.45, 7) is 5.86. The molecule has 3 rings (SSSR count). The van der Waals surface area contributed by atoms with Crippen molar-refractivity contribution in [2.45, 2.75) is 33.6 Å². The number of aryl methyl sites for hydroxylation is 3. The van der Waals surface area contributed by atoms with Crippen molar-refractivity contribution in [2.75, 3.05) is 10.6 Å². The molecule has 0 spiro atoms. The van der Waals surface area contributed by atoms with Crippen molar-refractivity contribution in [3.8, 4) is 0 Å². The molecule has 27 heavy (non-hydrogen) atoms. The Bertz CT molecular complexity index is 1020. The Kier molecular flexibility index (Phi) is 5.07. The number of aromatic nitrogens is 3. The van der Waals surface area contributed by atoms with Gasteiger partial charge in [-0.05, 0) is 51.0 Å². The van der Waals surface area contributed by atoms with Gasteiger partial charge in [-0.1, -0.05) is 6.07 Å². The third kappa shape index (κ3) is 4.22. The van der Waals surface area contributed by atoms with E-state index in [2.05, 4.69) is 20.7 Å². The van der Waals surface area contributed by atoms with E-state index >= 15 is 0 Å². The maximum Gasteiger partial charge on any atom is 0.316 e. The number of nitrogens with one attached hydrogen (secondary N) is 2. The first-order valence-corrected chi connectivity index (χ1v) is 8.62. The molecule has 4 N–H and O–H groups in total. The summed E-state index contributed by atoms with van der Waals surface area (Å²) in [4.78, 5) is 27.8. The zero-order valence-electron chi connectivity index (χ0n) is 15.5. The summed E-state index contributed by atoms with van der Waals surface area (Å²) in [5.74, 6) is -0.123. The minimum absolute atomic E-state index is 0.123. The fourth-order valence-electron chi connectivity index (χ4n) is 3.08. The number of hydrogen-bond acceptors (Lipinski definition) is 4. The molecule has 0 aliphatic heterocycles. The molecule has 140 valence electrons. The monoisotopic (exact) mass is 366 g/mol. The lowest BCUT2D eigenvalue weighted by Crippen LogP contribution is -2.19. The molecular formula is C19H22N6O2. The van der Waals surface area contributed by atoms with Crippen molar-refractivity contribution in [3.05, 3.63) is 53.0 Å². The molecule has 0 radical (unpaired) electrons. The predicted octanol–water partition coefficient (Wildman–Crippen LogP) is 2.72. The van der Waals surface area contributed by atoms with E-state index in [1.807, 2.05) is 31.4 Å². The van der Waals surface area contributed by atoms with E-state index in [-0.39, 0.29) is 5.91 Å². The molecule has 0 saturated carbocycles. The first-order chi connectivity index (χ1) is 12.8. The van der Waals surface area contributed by atoms with Crippen LogP contribution >= 0.6 is 0 Å². The third-order valence-electron chi connectivity index (χ3n) is 4.30. The van der Waals surface area contributed by atoms with Gasteiger partial charge in [-0.2, -0.15) is 5.10 Å². The number of fused-ring (bicyclic) bond motifs is 1. The summed E-state index contributed by atoms with van der Waals surface area (Å²) in [7, 11) is 0. The third-order valence-corrected chi connectivity index (χ3v) is 4.30. The molecule has 3 amide bonds. The summed E-state index contributed by atoms with van der Waals surface area (Å²) in [6, 6.07) is 8.11. The first kappa shape index (κ1) is 18.4. The average molecular weight is 366 g/mol. The minimum atomic E-state index is -0.652. The second kappa shape index (κ2) is 7.45. The number of benzene rings is 1. The van der Waals surface area contributed by atoms with Crippen LogP contribution in [-0.2, 0) is 11.2 Å². The SMILES string of the molecule is Cc1cc2nc(C)c(CCC(=O)Nc3cccc(NC(N)=O)c3)c(C)n2n1. The van der Waals surface area contributed by atoms with Gasteiger partial charge >= 0.3 is 6.03 Å². The van der Waals surface area contributed by atoms with Gasteiger partial charge in [0.25, 0.3) is 0 Å². The molecule has 0 fully saturated rings. The number of nitrogens with two attached hydrogens (primary N) is 1. The maximum absolute atomic E-state index is 12.3. The Balaban J connectivity index is 1.69. The molecule has 2 aromatic heterocycles. The highest BCUT2D eigenvalue weighted by Crippen LogP contribution is 2.18. The molecule has 0 aliphatic rings. The van der Waals surface area contributed by atoms with E-state index in [0.717, 1.165) is 28.3 Å². The Morgan fingerprint density at radius 3 is 2.52 bits per heavy atom. The highest BCUT2D eigenvalue weighted by molar-refractivity contribution is 5.93. The molecule has 1 aromatic carbocycles. The summed E-state index contributed by atoms with van der Waals surface area (Å²) in [5, 5.41) is 9.76.